The SMILES string of the molecule is C=CC(=O)O.CCCCCCCCCc1ccc(OCC(O)COC(C)CO)cc1. The van der Waals surface area contributed by atoms with Crippen molar-refractivity contribution < 1.29 is 29.6 Å². The van der Waals surface area contributed by atoms with Crippen molar-refractivity contribution in [3.05, 3.63) is 42.5 Å². The topological polar surface area (TPSA) is 96.2 Å². The zero-order valence-corrected chi connectivity index (χ0v) is 18.6. The third kappa shape index (κ3) is 17.0. The van der Waals surface area contributed by atoms with Crippen LogP contribution in [0.25, 0.3) is 0 Å². The Labute approximate surface area is 181 Å². The predicted octanol–water partition coefficient (Wildman–Crippen LogP) is 4.37. The molecule has 1 rings (SSSR count). The van der Waals surface area contributed by atoms with Crippen LogP contribution in [0.15, 0.2) is 36.9 Å². The van der Waals surface area contributed by atoms with Crippen LogP contribution < -0.4 is 4.74 Å². The van der Waals surface area contributed by atoms with E-state index >= 15 is 0 Å². The first-order chi connectivity index (χ1) is 14.4. The third-order valence-electron chi connectivity index (χ3n) is 4.44. The van der Waals surface area contributed by atoms with Crippen molar-refractivity contribution in [1.29, 1.82) is 0 Å². The second kappa shape index (κ2) is 19.1. The summed E-state index contributed by atoms with van der Waals surface area (Å²) < 4.78 is 10.8. The number of aliphatic hydroxyl groups excluding tert-OH is 2. The highest BCUT2D eigenvalue weighted by atomic mass is 16.5. The lowest BCUT2D eigenvalue weighted by atomic mass is 10.0. The zero-order valence-electron chi connectivity index (χ0n) is 18.6. The maximum absolute atomic E-state index is 9.80. The Bertz CT molecular complexity index is 543. The fraction of sp³-hybridized carbons (Fsp3) is 0.625. The number of aliphatic carboxylic acids is 1. The molecule has 0 fully saturated rings. The highest BCUT2D eigenvalue weighted by molar-refractivity contribution is 5.78. The molecular weight excluding hydrogens is 384 g/mol. The summed E-state index contributed by atoms with van der Waals surface area (Å²) in [5.74, 6) is -0.220. The Balaban J connectivity index is 0.00000150. The van der Waals surface area contributed by atoms with Gasteiger partial charge in [0, 0.05) is 6.08 Å². The Morgan fingerprint density at radius 1 is 1.07 bits per heavy atom. The molecule has 0 aromatic heterocycles. The van der Waals surface area contributed by atoms with Crippen molar-refractivity contribution in [1.82, 2.24) is 0 Å². The van der Waals surface area contributed by atoms with E-state index in [2.05, 4.69) is 25.6 Å². The number of ether oxygens (including phenoxy) is 2. The van der Waals surface area contributed by atoms with Gasteiger partial charge in [-0.15, -0.1) is 0 Å². The van der Waals surface area contributed by atoms with Crippen LogP contribution in [0.1, 0.15) is 64.4 Å². The lowest BCUT2D eigenvalue weighted by Gasteiger charge is -2.15. The Kier molecular flexibility index (Phi) is 17.9. The second-order valence-corrected chi connectivity index (χ2v) is 7.35. The molecule has 3 N–H and O–H groups in total. The molecule has 2 atom stereocenters. The van der Waals surface area contributed by atoms with Gasteiger partial charge in [-0.3, -0.25) is 0 Å². The van der Waals surface area contributed by atoms with Crippen molar-refractivity contribution >= 4 is 5.97 Å². The molecule has 0 spiro atoms. The van der Waals surface area contributed by atoms with Crippen LogP contribution in [0.2, 0.25) is 0 Å². The minimum absolute atomic E-state index is 0.0478. The van der Waals surface area contributed by atoms with E-state index in [9.17, 15) is 9.90 Å². The number of aryl methyl sites for hydroxylation is 1. The Hall–Kier alpha value is -1.89. The maximum Gasteiger partial charge on any atom is 0.327 e. The van der Waals surface area contributed by atoms with E-state index in [1.807, 2.05) is 12.1 Å². The number of hydrogen-bond donors (Lipinski definition) is 3. The quantitative estimate of drug-likeness (QED) is 0.269. The number of aliphatic hydroxyl groups is 2. The molecule has 0 amide bonds. The summed E-state index contributed by atoms with van der Waals surface area (Å²) in [7, 11) is 0. The molecule has 0 radical (unpaired) electrons. The highest BCUT2D eigenvalue weighted by Crippen LogP contribution is 2.15. The van der Waals surface area contributed by atoms with E-state index in [4.69, 9.17) is 19.7 Å². The van der Waals surface area contributed by atoms with Gasteiger partial charge in [0.1, 0.15) is 18.5 Å². The van der Waals surface area contributed by atoms with Gasteiger partial charge in [0.15, 0.2) is 0 Å². The van der Waals surface area contributed by atoms with Crippen LogP contribution in [-0.2, 0) is 16.0 Å². The van der Waals surface area contributed by atoms with Crippen LogP contribution in [0.5, 0.6) is 5.75 Å². The molecule has 1 aromatic carbocycles. The molecule has 30 heavy (non-hydrogen) atoms. The van der Waals surface area contributed by atoms with Crippen LogP contribution in [0, 0.1) is 0 Å². The molecule has 0 heterocycles. The molecule has 0 bridgehead atoms. The van der Waals surface area contributed by atoms with E-state index in [0.29, 0.717) is 0 Å². The van der Waals surface area contributed by atoms with E-state index in [1.54, 1.807) is 6.92 Å². The van der Waals surface area contributed by atoms with Crippen molar-refractivity contribution in [2.75, 3.05) is 19.8 Å². The standard InChI is InChI=1S/C21H36O4.C3H4O2/c1-3-4-5-6-7-8-9-10-19-11-13-21(14-12-19)25-17-20(23)16-24-18(2)15-22;1-2-3(4)5/h11-14,18,20,22-23H,3-10,15-17H2,1-2H3;2H,1H2,(H,4,5). The van der Waals surface area contributed by atoms with Crippen molar-refractivity contribution in [2.45, 2.75) is 77.4 Å². The fourth-order valence-corrected chi connectivity index (χ4v) is 2.61. The number of hydrogen-bond acceptors (Lipinski definition) is 5. The normalized spacial score (nSPS) is 12.4. The van der Waals surface area contributed by atoms with Crippen molar-refractivity contribution in [2.24, 2.45) is 0 Å². The fourth-order valence-electron chi connectivity index (χ4n) is 2.61. The summed E-state index contributed by atoms with van der Waals surface area (Å²) in [4.78, 5) is 9.25. The molecular formula is C24H40O6. The number of unbranched alkanes of at least 4 members (excludes halogenated alkanes) is 6. The molecule has 172 valence electrons. The average Bonchev–Trinajstić information content (AvgIpc) is 2.76. The van der Waals surface area contributed by atoms with Gasteiger partial charge in [-0.2, -0.15) is 0 Å². The smallest absolute Gasteiger partial charge is 0.327 e. The van der Waals surface area contributed by atoms with E-state index in [1.165, 1.54) is 50.5 Å². The summed E-state index contributed by atoms with van der Waals surface area (Å²) in [6.07, 6.45) is 10.3. The van der Waals surface area contributed by atoms with Gasteiger partial charge in [-0.25, -0.2) is 4.79 Å². The molecule has 0 saturated carbocycles. The van der Waals surface area contributed by atoms with E-state index in [-0.39, 0.29) is 25.9 Å². The Morgan fingerprint density at radius 3 is 2.17 bits per heavy atom. The summed E-state index contributed by atoms with van der Waals surface area (Å²) >= 11 is 0. The lowest BCUT2D eigenvalue weighted by molar-refractivity contribution is -0.131. The molecule has 6 heteroatoms. The monoisotopic (exact) mass is 424 g/mol. The summed E-state index contributed by atoms with van der Waals surface area (Å²) in [6, 6.07) is 8.12. The van der Waals surface area contributed by atoms with Gasteiger partial charge < -0.3 is 24.8 Å². The molecule has 2 unspecified atom stereocenters. The van der Waals surface area contributed by atoms with E-state index in [0.717, 1.165) is 18.2 Å². The van der Waals surface area contributed by atoms with Gasteiger partial charge in [-0.05, 0) is 37.5 Å². The van der Waals surface area contributed by atoms with Crippen LogP contribution in [0.4, 0.5) is 0 Å². The Morgan fingerprint density at radius 2 is 1.63 bits per heavy atom. The summed E-state index contributed by atoms with van der Waals surface area (Å²) in [6.45, 7) is 7.28. The second-order valence-electron chi connectivity index (χ2n) is 7.35. The highest BCUT2D eigenvalue weighted by Gasteiger charge is 2.08. The van der Waals surface area contributed by atoms with Gasteiger partial charge in [0.2, 0.25) is 0 Å². The average molecular weight is 425 g/mol. The van der Waals surface area contributed by atoms with Crippen LogP contribution in [0.3, 0.4) is 0 Å². The predicted molar refractivity (Wildman–Crippen MR) is 120 cm³/mol. The van der Waals surface area contributed by atoms with E-state index < -0.39 is 12.1 Å². The minimum atomic E-state index is -0.981. The first kappa shape index (κ1) is 28.1. The summed E-state index contributed by atoms with van der Waals surface area (Å²) in [5, 5.41) is 26.3. The first-order valence-electron chi connectivity index (χ1n) is 10.9. The van der Waals surface area contributed by atoms with Gasteiger partial charge in [-0.1, -0.05) is 64.2 Å². The molecule has 6 nitrogen and oxygen atoms in total. The minimum Gasteiger partial charge on any atom is -0.491 e. The van der Waals surface area contributed by atoms with Gasteiger partial charge in [0.25, 0.3) is 0 Å². The third-order valence-corrected chi connectivity index (χ3v) is 4.44. The largest absolute Gasteiger partial charge is 0.491 e. The van der Waals surface area contributed by atoms with Crippen molar-refractivity contribution in [3.63, 3.8) is 0 Å². The lowest BCUT2D eigenvalue weighted by Crippen LogP contribution is -2.27. The molecule has 1 aromatic rings. The van der Waals surface area contributed by atoms with Crippen molar-refractivity contribution in [3.8, 4) is 5.75 Å². The number of benzene rings is 1. The number of rotatable bonds is 16. The number of carboxylic acid groups (broad SMARTS) is 1. The molecule has 0 aliphatic carbocycles. The molecule has 0 saturated heterocycles. The van der Waals surface area contributed by atoms with Gasteiger partial charge >= 0.3 is 5.97 Å². The number of carbonyl (C=O) groups is 1. The maximum atomic E-state index is 9.80. The van der Waals surface area contributed by atoms with Gasteiger partial charge in [0.05, 0.1) is 19.3 Å². The first-order valence-corrected chi connectivity index (χ1v) is 10.9. The zero-order chi connectivity index (χ0) is 22.6. The molecule has 0 aliphatic rings. The van der Waals surface area contributed by atoms with Crippen LogP contribution in [-0.4, -0.2) is 53.3 Å². The van der Waals surface area contributed by atoms with Crippen LogP contribution >= 0.6 is 0 Å². The molecule has 0 aliphatic heterocycles. The summed E-state index contributed by atoms with van der Waals surface area (Å²) in [5.41, 5.74) is 1.33. The number of carboxylic acids is 1.